The SMILES string of the molecule is Cc1nnc(-c2cccc(Br)c2)c(N2CCNCC2)n1. The van der Waals surface area contributed by atoms with Gasteiger partial charge in [0, 0.05) is 36.2 Å². The molecule has 0 bridgehead atoms. The monoisotopic (exact) mass is 333 g/mol. The van der Waals surface area contributed by atoms with Crippen molar-refractivity contribution in [1.29, 1.82) is 0 Å². The summed E-state index contributed by atoms with van der Waals surface area (Å²) in [5.74, 6) is 1.63. The molecule has 1 saturated heterocycles. The molecule has 1 aliphatic heterocycles. The van der Waals surface area contributed by atoms with Crippen LogP contribution in [0.1, 0.15) is 5.82 Å². The number of hydrogen-bond acceptors (Lipinski definition) is 5. The number of aryl methyl sites for hydroxylation is 1. The van der Waals surface area contributed by atoms with Crippen molar-refractivity contribution in [3.05, 3.63) is 34.6 Å². The van der Waals surface area contributed by atoms with Gasteiger partial charge in [-0.25, -0.2) is 4.98 Å². The fourth-order valence-corrected chi connectivity index (χ4v) is 2.71. The number of piperazine rings is 1. The Morgan fingerprint density at radius 1 is 1.20 bits per heavy atom. The molecule has 104 valence electrons. The van der Waals surface area contributed by atoms with Gasteiger partial charge in [-0.1, -0.05) is 28.1 Å². The van der Waals surface area contributed by atoms with E-state index in [1.807, 2.05) is 31.2 Å². The first-order valence-corrected chi connectivity index (χ1v) is 7.46. The molecule has 1 aromatic carbocycles. The van der Waals surface area contributed by atoms with Gasteiger partial charge in [0.05, 0.1) is 0 Å². The average Bonchev–Trinajstić information content (AvgIpc) is 2.48. The molecule has 2 heterocycles. The van der Waals surface area contributed by atoms with Crippen molar-refractivity contribution in [2.24, 2.45) is 0 Å². The molecule has 0 aliphatic carbocycles. The molecule has 1 N–H and O–H groups in total. The lowest BCUT2D eigenvalue weighted by Gasteiger charge is -2.29. The van der Waals surface area contributed by atoms with Crippen molar-refractivity contribution in [3.8, 4) is 11.3 Å². The minimum absolute atomic E-state index is 0.706. The van der Waals surface area contributed by atoms with Gasteiger partial charge in [0.15, 0.2) is 5.82 Å². The number of halogens is 1. The molecule has 20 heavy (non-hydrogen) atoms. The molecule has 0 spiro atoms. The third kappa shape index (κ3) is 2.81. The van der Waals surface area contributed by atoms with Crippen LogP contribution in [0.4, 0.5) is 5.82 Å². The smallest absolute Gasteiger partial charge is 0.159 e. The number of rotatable bonds is 2. The van der Waals surface area contributed by atoms with E-state index in [1.54, 1.807) is 0 Å². The standard InChI is InChI=1S/C14H16BrN5/c1-10-17-14(20-7-5-16-6-8-20)13(19-18-10)11-3-2-4-12(15)9-11/h2-4,9,16H,5-8H2,1H3. The van der Waals surface area contributed by atoms with Gasteiger partial charge in [-0.2, -0.15) is 0 Å². The van der Waals surface area contributed by atoms with Crippen molar-refractivity contribution in [1.82, 2.24) is 20.5 Å². The molecular formula is C14H16BrN5. The lowest BCUT2D eigenvalue weighted by Crippen LogP contribution is -2.44. The molecule has 0 amide bonds. The minimum Gasteiger partial charge on any atom is -0.352 e. The highest BCUT2D eigenvalue weighted by Gasteiger charge is 2.18. The van der Waals surface area contributed by atoms with Crippen LogP contribution in [0.2, 0.25) is 0 Å². The van der Waals surface area contributed by atoms with Gasteiger partial charge in [0.2, 0.25) is 0 Å². The maximum Gasteiger partial charge on any atom is 0.159 e. The molecule has 1 aliphatic rings. The Morgan fingerprint density at radius 2 is 2.00 bits per heavy atom. The summed E-state index contributed by atoms with van der Waals surface area (Å²) in [7, 11) is 0. The van der Waals surface area contributed by atoms with Crippen LogP contribution in [-0.4, -0.2) is 41.4 Å². The molecule has 1 fully saturated rings. The summed E-state index contributed by atoms with van der Waals surface area (Å²) >= 11 is 3.50. The van der Waals surface area contributed by atoms with E-state index in [0.717, 1.165) is 47.7 Å². The number of nitrogens with one attached hydrogen (secondary N) is 1. The molecule has 2 aromatic rings. The lowest BCUT2D eigenvalue weighted by molar-refractivity contribution is 0.583. The van der Waals surface area contributed by atoms with Crippen LogP contribution < -0.4 is 10.2 Å². The van der Waals surface area contributed by atoms with E-state index in [2.05, 4.69) is 41.3 Å². The fraction of sp³-hybridized carbons (Fsp3) is 0.357. The molecule has 5 nitrogen and oxygen atoms in total. The van der Waals surface area contributed by atoms with Crippen LogP contribution in [0.15, 0.2) is 28.7 Å². The molecule has 0 radical (unpaired) electrons. The predicted molar refractivity (Wildman–Crippen MR) is 82.8 cm³/mol. The molecule has 0 saturated carbocycles. The molecule has 3 rings (SSSR count). The molecule has 0 atom stereocenters. The average molecular weight is 334 g/mol. The number of anilines is 1. The Morgan fingerprint density at radius 3 is 2.75 bits per heavy atom. The van der Waals surface area contributed by atoms with Gasteiger partial charge in [0.25, 0.3) is 0 Å². The van der Waals surface area contributed by atoms with Crippen molar-refractivity contribution in [2.75, 3.05) is 31.1 Å². The van der Waals surface area contributed by atoms with Crippen LogP contribution in [0.3, 0.4) is 0 Å². The van der Waals surface area contributed by atoms with Crippen molar-refractivity contribution in [2.45, 2.75) is 6.92 Å². The van der Waals surface area contributed by atoms with Crippen LogP contribution in [-0.2, 0) is 0 Å². The topological polar surface area (TPSA) is 53.9 Å². The minimum atomic E-state index is 0.706. The van der Waals surface area contributed by atoms with E-state index in [1.165, 1.54) is 0 Å². The van der Waals surface area contributed by atoms with E-state index < -0.39 is 0 Å². The van der Waals surface area contributed by atoms with E-state index in [-0.39, 0.29) is 0 Å². The highest BCUT2D eigenvalue weighted by Crippen LogP contribution is 2.28. The number of benzene rings is 1. The number of aromatic nitrogens is 3. The zero-order valence-corrected chi connectivity index (χ0v) is 12.9. The summed E-state index contributed by atoms with van der Waals surface area (Å²) in [6.45, 7) is 5.71. The van der Waals surface area contributed by atoms with Crippen molar-refractivity contribution >= 4 is 21.7 Å². The fourth-order valence-electron chi connectivity index (χ4n) is 2.32. The second-order valence-electron chi connectivity index (χ2n) is 4.78. The summed E-state index contributed by atoms with van der Waals surface area (Å²) in [5.41, 5.74) is 1.88. The number of nitrogens with zero attached hydrogens (tertiary/aromatic N) is 4. The first-order valence-electron chi connectivity index (χ1n) is 6.67. The van der Waals surface area contributed by atoms with E-state index >= 15 is 0 Å². The Kier molecular flexibility index (Phi) is 3.93. The number of hydrogen-bond donors (Lipinski definition) is 1. The Hall–Kier alpha value is -1.53. The largest absolute Gasteiger partial charge is 0.352 e. The molecule has 0 unspecified atom stereocenters. The molecular weight excluding hydrogens is 318 g/mol. The third-order valence-corrected chi connectivity index (χ3v) is 3.78. The zero-order valence-electron chi connectivity index (χ0n) is 11.3. The van der Waals surface area contributed by atoms with Gasteiger partial charge < -0.3 is 10.2 Å². The van der Waals surface area contributed by atoms with Crippen molar-refractivity contribution in [3.63, 3.8) is 0 Å². The van der Waals surface area contributed by atoms with Gasteiger partial charge >= 0.3 is 0 Å². The van der Waals surface area contributed by atoms with Gasteiger partial charge in [-0.3, -0.25) is 0 Å². The highest BCUT2D eigenvalue weighted by atomic mass is 79.9. The van der Waals surface area contributed by atoms with Crippen LogP contribution in [0.25, 0.3) is 11.3 Å². The van der Waals surface area contributed by atoms with E-state index in [9.17, 15) is 0 Å². The Balaban J connectivity index is 2.05. The second-order valence-corrected chi connectivity index (χ2v) is 5.69. The first kappa shape index (κ1) is 13.5. The third-order valence-electron chi connectivity index (χ3n) is 3.29. The van der Waals surface area contributed by atoms with Crippen molar-refractivity contribution < 1.29 is 0 Å². The van der Waals surface area contributed by atoms with Gasteiger partial charge in [-0.15, -0.1) is 10.2 Å². The zero-order chi connectivity index (χ0) is 13.9. The summed E-state index contributed by atoms with van der Waals surface area (Å²) < 4.78 is 1.03. The molecule has 6 heteroatoms. The Bertz CT molecular complexity index is 610. The summed E-state index contributed by atoms with van der Waals surface area (Å²) in [6, 6.07) is 8.09. The summed E-state index contributed by atoms with van der Waals surface area (Å²) in [5, 5.41) is 11.8. The Labute approximate surface area is 126 Å². The predicted octanol–water partition coefficient (Wildman–Crippen LogP) is 2.02. The normalized spacial score (nSPS) is 15.4. The maximum atomic E-state index is 4.61. The van der Waals surface area contributed by atoms with E-state index in [4.69, 9.17) is 0 Å². The van der Waals surface area contributed by atoms with Crippen LogP contribution >= 0.6 is 15.9 Å². The van der Waals surface area contributed by atoms with E-state index in [0.29, 0.717) is 5.82 Å². The molecule has 1 aromatic heterocycles. The van der Waals surface area contributed by atoms with Crippen LogP contribution in [0, 0.1) is 6.92 Å². The first-order chi connectivity index (χ1) is 9.74. The van der Waals surface area contributed by atoms with Crippen LogP contribution in [0.5, 0.6) is 0 Å². The van der Waals surface area contributed by atoms with Gasteiger partial charge in [0.1, 0.15) is 11.5 Å². The second kappa shape index (κ2) is 5.85. The highest BCUT2D eigenvalue weighted by molar-refractivity contribution is 9.10. The van der Waals surface area contributed by atoms with Gasteiger partial charge in [-0.05, 0) is 19.1 Å². The summed E-state index contributed by atoms with van der Waals surface area (Å²) in [4.78, 5) is 6.88. The maximum absolute atomic E-state index is 4.61. The lowest BCUT2D eigenvalue weighted by atomic mass is 10.1. The quantitative estimate of drug-likeness (QED) is 0.911. The summed E-state index contributed by atoms with van der Waals surface area (Å²) in [6.07, 6.45) is 0.